The van der Waals surface area contributed by atoms with Crippen molar-refractivity contribution < 1.29 is 40.5 Å². The van der Waals surface area contributed by atoms with Crippen molar-refractivity contribution in [1.29, 1.82) is 0 Å². The zero-order valence-electron chi connectivity index (χ0n) is 79.0. The molecule has 3 saturated heterocycles. The first-order valence-electron chi connectivity index (χ1n) is 48.7. The summed E-state index contributed by atoms with van der Waals surface area (Å²) in [6, 6.07) is 25.6. The van der Waals surface area contributed by atoms with E-state index >= 15 is 0 Å². The third-order valence-electron chi connectivity index (χ3n) is 27.2. The zero-order chi connectivity index (χ0) is 92.9. The van der Waals surface area contributed by atoms with E-state index in [1.807, 2.05) is 68.7 Å². The minimum Gasteiger partial charge on any atom is -0.393 e. The van der Waals surface area contributed by atoms with E-state index in [0.717, 1.165) is 254 Å². The topological polar surface area (TPSA) is 345 Å². The van der Waals surface area contributed by atoms with Crippen molar-refractivity contribution in [2.45, 2.75) is 231 Å². The van der Waals surface area contributed by atoms with Gasteiger partial charge in [-0.15, -0.1) is 0 Å². The molecule has 8 N–H and O–H groups in total. The molecule has 718 valence electrons. The summed E-state index contributed by atoms with van der Waals surface area (Å²) in [4.78, 5) is 115. The van der Waals surface area contributed by atoms with Crippen LogP contribution < -0.4 is 58.6 Å². The van der Waals surface area contributed by atoms with Crippen molar-refractivity contribution >= 4 is 140 Å². The van der Waals surface area contributed by atoms with Crippen molar-refractivity contribution in [3.8, 4) is 0 Å². The SMILES string of the molecule is CCCCNc1ncc2c3ccc(Cl)cc3c(=O)n(C3CCC(O)CC3)c2n1.CCCCNc1ncc2c3ccc(N4CCN(C)CC4)cc3c(=O)n(C3CCC(=O)CC3)c2n1.CCCCNc1ncc2c3ccc(N4CCN(C)CC4)cc3c(=O)n(C3CCC(O)CC3)c2n1.CCCCNc1ncc2c3ccccc3c(=O)n(C3CCC(O)CC3)c2n1.CN1CCNCC1.[CH2-]C.[Pd]. The molecular weight excluding hydrogens is 1790 g/mol. The third kappa shape index (κ3) is 24.6. The normalized spacial score (nSPS) is 19.9. The second-order valence-electron chi connectivity index (χ2n) is 36.5. The number of pyridine rings is 4. The number of aliphatic hydroxyl groups is 3. The minimum absolute atomic E-state index is 0. The number of anilines is 6. The summed E-state index contributed by atoms with van der Waals surface area (Å²) in [5.41, 5.74) is 4.79. The number of carbonyl (C=O) groups is 1. The predicted octanol–water partition coefficient (Wildman–Crippen LogP) is 15.3. The van der Waals surface area contributed by atoms with Crippen LogP contribution in [0.1, 0.15) is 213 Å². The number of Topliss-reactive ketones (excluding diaryl/α,β-unsaturated/α-hetero) is 1. The fraction of sp³-hybridized carbons (Fsp3) is 0.545. The van der Waals surface area contributed by atoms with Gasteiger partial charge in [-0.05, 0) is 201 Å². The van der Waals surface area contributed by atoms with Gasteiger partial charge in [0.25, 0.3) is 22.2 Å². The number of rotatable bonds is 22. The Labute approximate surface area is 798 Å². The first-order chi connectivity index (χ1) is 64.3. The Bertz CT molecular complexity index is 6140. The monoisotopic (exact) mass is 1930 g/mol. The first kappa shape index (κ1) is 101. The van der Waals surface area contributed by atoms with Crippen molar-refractivity contribution in [3.63, 3.8) is 0 Å². The Hall–Kier alpha value is -9.78. The Morgan fingerprint density at radius 2 is 0.647 bits per heavy atom. The van der Waals surface area contributed by atoms with Gasteiger partial charge in [-0.1, -0.05) is 101 Å². The first-order valence-corrected chi connectivity index (χ1v) is 49.1. The number of piperazine rings is 3. The summed E-state index contributed by atoms with van der Waals surface area (Å²) in [7, 11) is 6.44. The van der Waals surface area contributed by atoms with E-state index in [1.54, 1.807) is 29.8 Å². The summed E-state index contributed by atoms with van der Waals surface area (Å²) < 4.78 is 7.39. The van der Waals surface area contributed by atoms with E-state index < -0.39 is 0 Å². The molecule has 133 heavy (non-hydrogen) atoms. The summed E-state index contributed by atoms with van der Waals surface area (Å²) in [6.07, 6.45) is 26.3. The maximum atomic E-state index is 14.0. The molecule has 8 aromatic heterocycles. The summed E-state index contributed by atoms with van der Waals surface area (Å²) >= 11 is 6.17. The third-order valence-corrected chi connectivity index (χ3v) is 27.4. The number of hydrogen-bond donors (Lipinski definition) is 8. The van der Waals surface area contributed by atoms with E-state index in [9.17, 15) is 39.3 Å². The van der Waals surface area contributed by atoms with Gasteiger partial charge in [-0.25, -0.2) is 19.9 Å². The molecule has 4 saturated carbocycles. The van der Waals surface area contributed by atoms with Crippen LogP contribution in [0, 0.1) is 6.92 Å². The molecule has 0 unspecified atom stereocenters. The number of ketones is 1. The van der Waals surface area contributed by atoms with E-state index in [1.165, 1.54) is 13.1 Å². The van der Waals surface area contributed by atoms with Gasteiger partial charge >= 0.3 is 0 Å². The van der Waals surface area contributed by atoms with Crippen molar-refractivity contribution in [2.24, 2.45) is 0 Å². The number of unbranched alkanes of at least 4 members (excludes halogenated alkanes) is 4. The van der Waals surface area contributed by atoms with Gasteiger partial charge in [0.05, 0.1) is 29.1 Å². The zero-order valence-corrected chi connectivity index (χ0v) is 81.3. The molecule has 0 radical (unpaired) electrons. The molecule has 30 nitrogen and oxygen atoms in total. The number of nitrogens with zero attached hydrogens (tertiary/aromatic N) is 17. The van der Waals surface area contributed by atoms with E-state index in [-0.39, 0.29) is 90.9 Å². The fourth-order valence-electron chi connectivity index (χ4n) is 19.2. The molecule has 32 heteroatoms. The predicted molar refractivity (Wildman–Crippen MR) is 538 cm³/mol. The van der Waals surface area contributed by atoms with Crippen LogP contribution in [0.4, 0.5) is 35.2 Å². The van der Waals surface area contributed by atoms with Gasteiger partial charge < -0.3 is 73.3 Å². The van der Waals surface area contributed by atoms with E-state index in [0.29, 0.717) is 119 Å². The van der Waals surface area contributed by atoms with E-state index in [2.05, 4.69) is 157 Å². The molecule has 0 spiro atoms. The molecular formula is C101H138ClN22O8Pd-. The molecule has 19 rings (SSSR count). The average molecular weight is 1930 g/mol. The fourth-order valence-corrected chi connectivity index (χ4v) is 19.4. The number of aromatic nitrogens is 12. The van der Waals surface area contributed by atoms with Crippen LogP contribution in [0.3, 0.4) is 0 Å². The summed E-state index contributed by atoms with van der Waals surface area (Å²) in [5, 5.41) is 56.5. The van der Waals surface area contributed by atoms with Crippen LogP contribution in [-0.2, 0) is 25.2 Å². The second-order valence-corrected chi connectivity index (χ2v) is 37.0. The number of halogens is 1. The van der Waals surface area contributed by atoms with Crippen LogP contribution in [0.15, 0.2) is 123 Å². The van der Waals surface area contributed by atoms with Crippen molar-refractivity contribution in [2.75, 3.05) is 157 Å². The van der Waals surface area contributed by atoms with Crippen LogP contribution in [-0.4, -0.2) is 238 Å². The standard InChI is InChI=1S/C26H36N6O2.C26H34N6O2.C21H25ClN4O2.C21H26N4O2.C5H12N2.C2H5.Pd/c2*1-3-4-11-27-26-28-17-23-21-10-7-19(31-14-12-30(2)13-15-31)16-22(21)25(34)32(24(23)29-26)18-5-8-20(33)9-6-18;1-2-3-10-23-21-24-12-18-16-9-4-13(22)11-17(16)20(28)26(19(18)25-21)14-5-7-15(27)8-6-14;1-2-3-12-22-21-23-13-18-16-6-4-5-7-17(16)20(27)25(19(18)24-21)14-8-10-15(26)11-9-14;1-7-4-2-6-3-5-7;1-2;/h7,10,16-18,20,33H,3-6,8-9,11-15H2,1-2H3,(H,27,28,29);7,10,16-18H,3-6,8-9,11-15H2,1-2H3,(H,27,28,29);4,9,11-12,14-15,27H,2-3,5-8,10H2,1H3,(H,23,24,25);4-7,13-15,26H,2-3,8-12H2,1H3,(H,22,23,24);6H,2-5H2,1H3;1H2,2H3;/q;;;;;-1;. The van der Waals surface area contributed by atoms with E-state index in [4.69, 9.17) is 31.5 Å². The molecule has 7 aliphatic rings. The molecule has 4 aromatic carbocycles. The number of hydrogen-bond acceptors (Lipinski definition) is 26. The van der Waals surface area contributed by atoms with Gasteiger partial charge in [0.15, 0.2) is 0 Å². The molecule has 3 aliphatic heterocycles. The maximum Gasteiger partial charge on any atom is 0.260 e. The summed E-state index contributed by atoms with van der Waals surface area (Å²) in [5.74, 6) is 2.50. The van der Waals surface area contributed by atoms with Crippen LogP contribution in [0.25, 0.3) is 87.2 Å². The number of nitrogens with one attached hydrogen (secondary N) is 5. The van der Waals surface area contributed by atoms with Crippen molar-refractivity contribution in [3.05, 3.63) is 157 Å². The number of carbonyl (C=O) groups excluding carboxylic acids is 1. The summed E-state index contributed by atoms with van der Waals surface area (Å²) in [6.45, 7) is 29.4. The van der Waals surface area contributed by atoms with Gasteiger partial charge in [0, 0.05) is 236 Å². The molecule has 0 amide bonds. The van der Waals surface area contributed by atoms with Gasteiger partial charge in [0.2, 0.25) is 23.8 Å². The molecule has 0 atom stereocenters. The number of aliphatic hydroxyl groups excluding tert-OH is 3. The Balaban J connectivity index is 0.000000146. The smallest absolute Gasteiger partial charge is 0.260 e. The average Bonchev–Trinajstić information content (AvgIpc) is 0.749. The molecule has 7 fully saturated rings. The number of likely N-dealkylation sites (N-methyl/N-ethyl adjacent to an activating group) is 3. The minimum atomic E-state index is -0.283. The Kier molecular flexibility index (Phi) is 36.8. The van der Waals surface area contributed by atoms with Crippen LogP contribution >= 0.6 is 11.6 Å². The second kappa shape index (κ2) is 48.6. The largest absolute Gasteiger partial charge is 0.393 e. The number of benzene rings is 4. The van der Waals surface area contributed by atoms with Crippen LogP contribution in [0.2, 0.25) is 5.02 Å². The molecule has 4 aliphatic carbocycles. The number of fused-ring (bicyclic) bond motifs is 12. The molecule has 0 bridgehead atoms. The Morgan fingerprint density at radius 1 is 0.361 bits per heavy atom. The van der Waals surface area contributed by atoms with Crippen molar-refractivity contribution in [1.82, 2.24) is 78.2 Å². The molecule has 11 heterocycles. The quantitative estimate of drug-likeness (QED) is 0.0135. The van der Waals surface area contributed by atoms with Gasteiger partial charge in [0.1, 0.15) is 28.4 Å². The van der Waals surface area contributed by atoms with Gasteiger partial charge in [-0.2, -0.15) is 26.9 Å². The van der Waals surface area contributed by atoms with Gasteiger partial charge in [-0.3, -0.25) is 42.2 Å². The maximum absolute atomic E-state index is 14.0. The molecule has 12 aromatic rings. The Morgan fingerprint density at radius 3 is 0.962 bits per heavy atom. The van der Waals surface area contributed by atoms with Crippen LogP contribution in [0.5, 0.6) is 0 Å².